The number of aryl methyl sites for hydroxylation is 1. The number of carbonyl (C=O) groups is 1. The second kappa shape index (κ2) is 7.67. The third-order valence-electron chi connectivity index (χ3n) is 5.07. The molecular weight excluding hydrogens is 392 g/mol. The molecule has 146 valence electrons. The molecule has 28 heavy (non-hydrogen) atoms. The van der Waals surface area contributed by atoms with Gasteiger partial charge in [-0.15, -0.1) is 0 Å². The first kappa shape index (κ1) is 19.1. The van der Waals surface area contributed by atoms with E-state index in [1.165, 1.54) is 11.8 Å². The molecule has 0 saturated carbocycles. The minimum absolute atomic E-state index is 0.127. The smallest absolute Gasteiger partial charge is 0.267 e. The minimum atomic E-state index is -0.156. The molecule has 1 amide bonds. The lowest BCUT2D eigenvalue weighted by Gasteiger charge is -2.20. The second-order valence-electron chi connectivity index (χ2n) is 7.07. The second-order valence-corrected chi connectivity index (χ2v) is 8.74. The highest BCUT2D eigenvalue weighted by Gasteiger charge is 2.32. The van der Waals surface area contributed by atoms with Crippen LogP contribution in [-0.4, -0.2) is 44.1 Å². The van der Waals surface area contributed by atoms with Crippen LogP contribution in [0.4, 0.5) is 5.82 Å². The van der Waals surface area contributed by atoms with Gasteiger partial charge in [0.05, 0.1) is 10.5 Å². The molecule has 2 aliphatic heterocycles. The van der Waals surface area contributed by atoms with Crippen LogP contribution in [0.25, 0.3) is 11.7 Å². The highest BCUT2D eigenvalue weighted by molar-refractivity contribution is 8.26. The molecular formula is C20H22N4O2S2. The van der Waals surface area contributed by atoms with Crippen molar-refractivity contribution >= 4 is 51.7 Å². The summed E-state index contributed by atoms with van der Waals surface area (Å²) in [4.78, 5) is 35.2. The quantitative estimate of drug-likeness (QED) is 0.566. The van der Waals surface area contributed by atoms with Crippen molar-refractivity contribution in [2.45, 2.75) is 33.1 Å². The predicted molar refractivity (Wildman–Crippen MR) is 118 cm³/mol. The molecule has 2 fully saturated rings. The molecule has 0 atom stereocenters. The molecule has 4 rings (SSSR count). The maximum Gasteiger partial charge on any atom is 0.267 e. The number of amides is 1. The number of rotatable bonds is 4. The molecule has 0 radical (unpaired) electrons. The summed E-state index contributed by atoms with van der Waals surface area (Å²) in [6, 6.07) is 3.79. The van der Waals surface area contributed by atoms with Crippen molar-refractivity contribution < 1.29 is 4.79 Å². The summed E-state index contributed by atoms with van der Waals surface area (Å²) in [6.07, 6.45) is 6.40. The summed E-state index contributed by atoms with van der Waals surface area (Å²) in [5.74, 6) is 0.538. The van der Waals surface area contributed by atoms with Crippen LogP contribution in [0.5, 0.6) is 0 Å². The van der Waals surface area contributed by atoms with Crippen molar-refractivity contribution in [3.63, 3.8) is 0 Å². The fourth-order valence-electron chi connectivity index (χ4n) is 3.64. The van der Waals surface area contributed by atoms with Gasteiger partial charge in [0.25, 0.3) is 11.5 Å². The highest BCUT2D eigenvalue weighted by Crippen LogP contribution is 2.34. The molecule has 0 aliphatic carbocycles. The van der Waals surface area contributed by atoms with Crippen LogP contribution in [0.1, 0.15) is 37.3 Å². The number of thioether (sulfide) groups is 1. The maximum atomic E-state index is 13.3. The number of nitrogens with zero attached hydrogens (tertiary/aromatic N) is 4. The molecule has 0 spiro atoms. The lowest BCUT2D eigenvalue weighted by molar-refractivity contribution is -0.122. The van der Waals surface area contributed by atoms with Gasteiger partial charge in [0, 0.05) is 25.8 Å². The fourth-order valence-corrected chi connectivity index (χ4v) is 4.93. The van der Waals surface area contributed by atoms with E-state index < -0.39 is 0 Å². The van der Waals surface area contributed by atoms with Gasteiger partial charge in [-0.3, -0.25) is 18.9 Å². The molecule has 4 heterocycles. The maximum absolute atomic E-state index is 13.3. The molecule has 2 aromatic heterocycles. The Kier molecular flexibility index (Phi) is 5.25. The van der Waals surface area contributed by atoms with Crippen LogP contribution < -0.4 is 10.5 Å². The van der Waals surface area contributed by atoms with Crippen LogP contribution in [0, 0.1) is 6.92 Å². The third kappa shape index (κ3) is 3.24. The molecule has 0 unspecified atom stereocenters. The number of thiocarbonyl (C=S) groups is 1. The first-order chi connectivity index (χ1) is 13.5. The van der Waals surface area contributed by atoms with E-state index in [1.54, 1.807) is 21.6 Å². The number of carbonyl (C=O) groups excluding carboxylic acids is 1. The number of anilines is 1. The Bertz CT molecular complexity index is 1050. The van der Waals surface area contributed by atoms with Crippen molar-refractivity contribution in [2.24, 2.45) is 0 Å². The van der Waals surface area contributed by atoms with Gasteiger partial charge < -0.3 is 4.90 Å². The Balaban J connectivity index is 1.89. The number of hydrogen-bond acceptors (Lipinski definition) is 6. The van der Waals surface area contributed by atoms with Gasteiger partial charge in [-0.1, -0.05) is 37.0 Å². The predicted octanol–water partition coefficient (Wildman–Crippen LogP) is 3.21. The van der Waals surface area contributed by atoms with Gasteiger partial charge in [0.15, 0.2) is 0 Å². The molecule has 6 nitrogen and oxygen atoms in total. The van der Waals surface area contributed by atoms with Gasteiger partial charge in [-0.05, 0) is 43.9 Å². The standard InChI is InChI=1S/C20H22N4O2S2/c1-3-8-24-19(26)15(28-20(24)27)12-14-17(22-9-4-5-10-22)21-16-13(2)7-6-11-23(16)18(14)25/h6-7,11-12H,3-5,8-10H2,1-2H3. The van der Waals surface area contributed by atoms with E-state index in [0.717, 1.165) is 37.9 Å². The Labute approximate surface area is 173 Å². The van der Waals surface area contributed by atoms with Gasteiger partial charge in [-0.25, -0.2) is 4.98 Å². The molecule has 2 aliphatic rings. The van der Waals surface area contributed by atoms with E-state index in [1.807, 2.05) is 26.0 Å². The van der Waals surface area contributed by atoms with Crippen LogP contribution in [0.2, 0.25) is 0 Å². The fraction of sp³-hybridized carbons (Fsp3) is 0.400. The average molecular weight is 415 g/mol. The van der Waals surface area contributed by atoms with Crippen molar-refractivity contribution in [1.29, 1.82) is 0 Å². The summed E-state index contributed by atoms with van der Waals surface area (Å²) in [5, 5.41) is 0. The Hall–Kier alpha value is -2.19. The topological polar surface area (TPSA) is 57.9 Å². The van der Waals surface area contributed by atoms with Crippen molar-refractivity contribution in [2.75, 3.05) is 24.5 Å². The summed E-state index contributed by atoms with van der Waals surface area (Å²) >= 11 is 6.62. The van der Waals surface area contributed by atoms with Gasteiger partial charge in [0.1, 0.15) is 15.8 Å². The molecule has 2 saturated heterocycles. The Morgan fingerprint density at radius 1 is 1.29 bits per heavy atom. The first-order valence-electron chi connectivity index (χ1n) is 9.53. The zero-order chi connectivity index (χ0) is 19.8. The van der Waals surface area contributed by atoms with Crippen LogP contribution in [0.3, 0.4) is 0 Å². The zero-order valence-electron chi connectivity index (χ0n) is 16.0. The molecule has 0 N–H and O–H groups in total. The van der Waals surface area contributed by atoms with Crippen molar-refractivity contribution in [3.05, 3.63) is 44.7 Å². The van der Waals surface area contributed by atoms with Crippen LogP contribution in [-0.2, 0) is 4.79 Å². The number of hydrogen-bond donors (Lipinski definition) is 0. The Morgan fingerprint density at radius 3 is 2.75 bits per heavy atom. The number of pyridine rings is 1. The molecule has 0 aromatic carbocycles. The van der Waals surface area contributed by atoms with Gasteiger partial charge in [0.2, 0.25) is 0 Å². The normalized spacial score (nSPS) is 18.9. The van der Waals surface area contributed by atoms with Crippen molar-refractivity contribution in [3.8, 4) is 0 Å². The molecule has 8 heteroatoms. The summed E-state index contributed by atoms with van der Waals surface area (Å²) in [7, 11) is 0. The molecule has 0 bridgehead atoms. The summed E-state index contributed by atoms with van der Waals surface area (Å²) in [6.45, 7) is 6.29. The number of fused-ring (bicyclic) bond motifs is 1. The average Bonchev–Trinajstić information content (AvgIpc) is 3.29. The van der Waals surface area contributed by atoms with E-state index >= 15 is 0 Å². The van der Waals surface area contributed by atoms with Crippen molar-refractivity contribution in [1.82, 2.24) is 14.3 Å². The van der Waals surface area contributed by atoms with E-state index in [2.05, 4.69) is 4.90 Å². The summed E-state index contributed by atoms with van der Waals surface area (Å²) in [5.41, 5.74) is 1.91. The molecule has 2 aromatic rings. The largest absolute Gasteiger partial charge is 0.356 e. The van der Waals surface area contributed by atoms with Gasteiger partial charge >= 0.3 is 0 Å². The van der Waals surface area contributed by atoms with Crippen LogP contribution in [0.15, 0.2) is 28.0 Å². The number of aromatic nitrogens is 2. The Morgan fingerprint density at radius 2 is 2.04 bits per heavy atom. The first-order valence-corrected chi connectivity index (χ1v) is 10.8. The highest BCUT2D eigenvalue weighted by atomic mass is 32.2. The third-order valence-corrected chi connectivity index (χ3v) is 6.44. The van der Waals surface area contributed by atoms with E-state index in [0.29, 0.717) is 32.8 Å². The minimum Gasteiger partial charge on any atom is -0.356 e. The zero-order valence-corrected chi connectivity index (χ0v) is 17.6. The SMILES string of the molecule is CCCN1C(=O)C(=Cc2c(N3CCCC3)nc3c(C)cccn3c2=O)SC1=S. The van der Waals surface area contributed by atoms with E-state index in [-0.39, 0.29) is 11.5 Å². The summed E-state index contributed by atoms with van der Waals surface area (Å²) < 4.78 is 2.11. The lowest BCUT2D eigenvalue weighted by atomic mass is 10.2. The van der Waals surface area contributed by atoms with Gasteiger partial charge in [-0.2, -0.15) is 0 Å². The van der Waals surface area contributed by atoms with Crippen LogP contribution >= 0.6 is 24.0 Å². The van der Waals surface area contributed by atoms with E-state index in [9.17, 15) is 9.59 Å². The van der Waals surface area contributed by atoms with E-state index in [4.69, 9.17) is 17.2 Å². The monoisotopic (exact) mass is 414 g/mol. The lowest BCUT2D eigenvalue weighted by Crippen LogP contribution is -2.29.